The Labute approximate surface area is 95.0 Å². The molecule has 3 heterocycles. The molecule has 3 aromatic rings. The first-order valence-corrected chi connectivity index (χ1v) is 4.82. The lowest BCUT2D eigenvalue weighted by Gasteiger charge is -2.00. The van der Waals surface area contributed by atoms with Crippen molar-refractivity contribution in [2.24, 2.45) is 0 Å². The quantitative estimate of drug-likeness (QED) is 0.696. The standard InChI is InChI=1S/C10H7N5O2/c16-10(17)7-5-14(6-11-7)8-2-4-15-9(13-8)1-3-12-15/h1-6H,(H,16,17). The molecule has 0 unspecified atom stereocenters. The van der Waals surface area contributed by atoms with Gasteiger partial charge in [0.15, 0.2) is 11.3 Å². The monoisotopic (exact) mass is 229 g/mol. The van der Waals surface area contributed by atoms with Gasteiger partial charge < -0.3 is 5.11 Å². The Kier molecular flexibility index (Phi) is 1.91. The molecule has 0 aliphatic carbocycles. The number of carboxylic acids is 1. The number of aromatic carboxylic acids is 1. The number of carboxylic acid groups (broad SMARTS) is 1. The summed E-state index contributed by atoms with van der Waals surface area (Å²) >= 11 is 0. The molecular formula is C10H7N5O2. The summed E-state index contributed by atoms with van der Waals surface area (Å²) in [6.45, 7) is 0. The fourth-order valence-electron chi connectivity index (χ4n) is 1.50. The molecule has 0 spiro atoms. The van der Waals surface area contributed by atoms with Gasteiger partial charge in [0.05, 0.1) is 6.20 Å². The Morgan fingerprint density at radius 1 is 1.35 bits per heavy atom. The fourth-order valence-corrected chi connectivity index (χ4v) is 1.50. The predicted molar refractivity (Wildman–Crippen MR) is 57.1 cm³/mol. The first-order valence-electron chi connectivity index (χ1n) is 4.82. The maximum Gasteiger partial charge on any atom is 0.356 e. The Morgan fingerprint density at radius 3 is 3.00 bits per heavy atom. The van der Waals surface area contributed by atoms with Gasteiger partial charge >= 0.3 is 5.97 Å². The van der Waals surface area contributed by atoms with Crippen LogP contribution in [0.5, 0.6) is 0 Å². The summed E-state index contributed by atoms with van der Waals surface area (Å²) in [5, 5.41) is 12.8. The molecule has 0 saturated carbocycles. The van der Waals surface area contributed by atoms with Crippen molar-refractivity contribution in [3.05, 3.63) is 42.7 Å². The highest BCUT2D eigenvalue weighted by Crippen LogP contribution is 2.07. The van der Waals surface area contributed by atoms with Gasteiger partial charge in [0.2, 0.25) is 0 Å². The van der Waals surface area contributed by atoms with E-state index in [1.165, 1.54) is 12.5 Å². The van der Waals surface area contributed by atoms with E-state index < -0.39 is 5.97 Å². The van der Waals surface area contributed by atoms with Crippen molar-refractivity contribution in [2.45, 2.75) is 0 Å². The van der Waals surface area contributed by atoms with Crippen LogP contribution in [0.4, 0.5) is 0 Å². The molecule has 0 bridgehead atoms. The number of rotatable bonds is 2. The zero-order valence-corrected chi connectivity index (χ0v) is 8.56. The minimum Gasteiger partial charge on any atom is -0.476 e. The zero-order valence-electron chi connectivity index (χ0n) is 8.56. The highest BCUT2D eigenvalue weighted by molar-refractivity contribution is 5.85. The van der Waals surface area contributed by atoms with Gasteiger partial charge in [-0.05, 0) is 6.07 Å². The molecule has 3 aromatic heterocycles. The van der Waals surface area contributed by atoms with Crippen LogP contribution < -0.4 is 0 Å². The molecule has 7 nitrogen and oxygen atoms in total. The van der Waals surface area contributed by atoms with Crippen molar-refractivity contribution in [3.63, 3.8) is 0 Å². The van der Waals surface area contributed by atoms with Crippen LogP contribution in [0.25, 0.3) is 11.5 Å². The van der Waals surface area contributed by atoms with Gasteiger partial charge in [-0.3, -0.25) is 4.57 Å². The Bertz CT molecular complexity index is 699. The molecule has 0 radical (unpaired) electrons. The van der Waals surface area contributed by atoms with Crippen molar-refractivity contribution in [2.75, 3.05) is 0 Å². The Morgan fingerprint density at radius 2 is 2.24 bits per heavy atom. The third-order valence-electron chi connectivity index (χ3n) is 2.31. The maximum atomic E-state index is 10.7. The number of imidazole rings is 1. The smallest absolute Gasteiger partial charge is 0.356 e. The molecule has 7 heteroatoms. The van der Waals surface area contributed by atoms with Gasteiger partial charge in [-0.1, -0.05) is 0 Å². The second-order valence-electron chi connectivity index (χ2n) is 3.39. The molecule has 0 aliphatic rings. The Hall–Kier alpha value is -2.70. The van der Waals surface area contributed by atoms with Gasteiger partial charge in [-0.2, -0.15) is 5.10 Å². The molecule has 0 fully saturated rings. The molecule has 0 aromatic carbocycles. The van der Waals surface area contributed by atoms with Crippen LogP contribution in [-0.4, -0.2) is 35.2 Å². The molecule has 1 N–H and O–H groups in total. The van der Waals surface area contributed by atoms with Crippen LogP contribution in [0.15, 0.2) is 37.1 Å². The SMILES string of the molecule is O=C(O)c1cn(-c2ccn3nccc3n2)cn1. The van der Waals surface area contributed by atoms with E-state index >= 15 is 0 Å². The number of fused-ring (bicyclic) bond motifs is 1. The summed E-state index contributed by atoms with van der Waals surface area (Å²) in [6.07, 6.45) is 6.22. The van der Waals surface area contributed by atoms with Gasteiger partial charge in [-0.25, -0.2) is 19.3 Å². The van der Waals surface area contributed by atoms with E-state index in [1.807, 2.05) is 0 Å². The fraction of sp³-hybridized carbons (Fsp3) is 0. The molecule has 0 atom stereocenters. The third kappa shape index (κ3) is 1.53. The summed E-state index contributed by atoms with van der Waals surface area (Å²) in [5.41, 5.74) is 0.674. The topological polar surface area (TPSA) is 85.3 Å². The van der Waals surface area contributed by atoms with Gasteiger partial charge in [-0.15, -0.1) is 0 Å². The zero-order chi connectivity index (χ0) is 11.8. The number of aromatic nitrogens is 5. The van der Waals surface area contributed by atoms with Crippen molar-refractivity contribution in [3.8, 4) is 5.82 Å². The largest absolute Gasteiger partial charge is 0.476 e. The van der Waals surface area contributed by atoms with E-state index in [0.29, 0.717) is 11.5 Å². The summed E-state index contributed by atoms with van der Waals surface area (Å²) in [4.78, 5) is 18.8. The van der Waals surface area contributed by atoms with Crippen molar-refractivity contribution < 1.29 is 9.90 Å². The van der Waals surface area contributed by atoms with E-state index in [2.05, 4.69) is 15.1 Å². The third-order valence-corrected chi connectivity index (χ3v) is 2.31. The molecular weight excluding hydrogens is 222 g/mol. The summed E-state index contributed by atoms with van der Waals surface area (Å²) in [5.74, 6) is -0.466. The van der Waals surface area contributed by atoms with E-state index in [9.17, 15) is 4.79 Å². The van der Waals surface area contributed by atoms with Crippen LogP contribution in [0.1, 0.15) is 10.5 Å². The first-order chi connectivity index (χ1) is 8.24. The van der Waals surface area contributed by atoms with Gasteiger partial charge in [0.25, 0.3) is 0 Å². The lowest BCUT2D eigenvalue weighted by Crippen LogP contribution is -1.99. The van der Waals surface area contributed by atoms with E-state index in [4.69, 9.17) is 5.11 Å². The number of nitrogens with zero attached hydrogens (tertiary/aromatic N) is 5. The molecule has 17 heavy (non-hydrogen) atoms. The number of hydrogen-bond donors (Lipinski definition) is 1. The van der Waals surface area contributed by atoms with Crippen molar-refractivity contribution in [1.29, 1.82) is 0 Å². The van der Waals surface area contributed by atoms with Crippen LogP contribution >= 0.6 is 0 Å². The van der Waals surface area contributed by atoms with Crippen molar-refractivity contribution >= 4 is 11.6 Å². The van der Waals surface area contributed by atoms with E-state index in [-0.39, 0.29) is 5.69 Å². The summed E-state index contributed by atoms with van der Waals surface area (Å²) in [7, 11) is 0. The molecule has 0 aliphatic heterocycles. The van der Waals surface area contributed by atoms with Crippen LogP contribution in [0.3, 0.4) is 0 Å². The summed E-state index contributed by atoms with van der Waals surface area (Å²) in [6, 6.07) is 3.49. The maximum absolute atomic E-state index is 10.7. The van der Waals surface area contributed by atoms with Crippen molar-refractivity contribution in [1.82, 2.24) is 24.1 Å². The molecule has 0 saturated heterocycles. The van der Waals surface area contributed by atoms with E-state index in [0.717, 1.165) is 0 Å². The van der Waals surface area contributed by atoms with E-state index in [1.54, 1.807) is 33.6 Å². The molecule has 3 rings (SSSR count). The lowest BCUT2D eigenvalue weighted by molar-refractivity contribution is 0.0691. The minimum atomic E-state index is -1.06. The normalized spacial score (nSPS) is 10.8. The van der Waals surface area contributed by atoms with Crippen LogP contribution in [0, 0.1) is 0 Å². The Balaban J connectivity index is 2.09. The average Bonchev–Trinajstić information content (AvgIpc) is 2.97. The number of hydrogen-bond acceptors (Lipinski definition) is 4. The second kappa shape index (κ2) is 3.41. The van der Waals surface area contributed by atoms with Gasteiger partial charge in [0, 0.05) is 18.5 Å². The predicted octanol–water partition coefficient (Wildman–Crippen LogP) is 0.613. The number of carbonyl (C=O) groups is 1. The van der Waals surface area contributed by atoms with Crippen LogP contribution in [0.2, 0.25) is 0 Å². The average molecular weight is 229 g/mol. The lowest BCUT2D eigenvalue weighted by atomic mass is 10.5. The molecule has 84 valence electrons. The summed E-state index contributed by atoms with van der Waals surface area (Å²) < 4.78 is 3.18. The molecule has 0 amide bonds. The van der Waals surface area contributed by atoms with Crippen LogP contribution in [-0.2, 0) is 0 Å². The highest BCUT2D eigenvalue weighted by Gasteiger charge is 2.08. The highest BCUT2D eigenvalue weighted by atomic mass is 16.4. The van der Waals surface area contributed by atoms with Gasteiger partial charge in [0.1, 0.15) is 12.1 Å². The first kappa shape index (κ1) is 9.52. The second-order valence-corrected chi connectivity index (χ2v) is 3.39. The minimum absolute atomic E-state index is 0.0137.